The van der Waals surface area contributed by atoms with Crippen LogP contribution in [0.15, 0.2) is 30.3 Å². The summed E-state index contributed by atoms with van der Waals surface area (Å²) in [6.07, 6.45) is 4.19. The highest BCUT2D eigenvalue weighted by atomic mass is 16.7. The Labute approximate surface area is 121 Å². The number of hydrogen-bond donors (Lipinski definition) is 0. The largest absolute Gasteiger partial charge is 0.349 e. The van der Waals surface area contributed by atoms with Crippen LogP contribution in [0.5, 0.6) is 0 Å². The summed E-state index contributed by atoms with van der Waals surface area (Å²) in [6, 6.07) is 10.5. The Hall–Kier alpha value is -0.900. The molecular formula is C17H25NO2. The molecule has 0 aromatic heterocycles. The summed E-state index contributed by atoms with van der Waals surface area (Å²) >= 11 is 0. The van der Waals surface area contributed by atoms with Crippen LogP contribution in [0.3, 0.4) is 0 Å². The lowest BCUT2D eigenvalue weighted by molar-refractivity contribution is -0.0758. The maximum atomic E-state index is 6.12. The summed E-state index contributed by atoms with van der Waals surface area (Å²) in [7, 11) is 0. The molecule has 20 heavy (non-hydrogen) atoms. The van der Waals surface area contributed by atoms with Gasteiger partial charge in [-0.1, -0.05) is 43.7 Å². The molecular weight excluding hydrogens is 250 g/mol. The summed E-state index contributed by atoms with van der Waals surface area (Å²) in [6.45, 7) is 6.39. The van der Waals surface area contributed by atoms with Crippen molar-refractivity contribution in [2.24, 2.45) is 0 Å². The van der Waals surface area contributed by atoms with Crippen molar-refractivity contribution in [3.63, 3.8) is 0 Å². The van der Waals surface area contributed by atoms with Crippen LogP contribution in [0.25, 0.3) is 0 Å². The van der Waals surface area contributed by atoms with E-state index in [0.717, 1.165) is 13.2 Å². The Balaban J connectivity index is 1.51. The van der Waals surface area contributed by atoms with Crippen molar-refractivity contribution in [2.45, 2.75) is 44.5 Å². The van der Waals surface area contributed by atoms with Gasteiger partial charge in [-0.15, -0.1) is 0 Å². The normalized spacial score (nSPS) is 29.4. The van der Waals surface area contributed by atoms with E-state index in [1.165, 1.54) is 37.9 Å². The standard InChI is InChI=1S/C17H25NO2/c1-14(15-8-4-2-5-9-15)17-19-13-16(20-17)12-18-10-6-3-7-11-18/h2,4-5,8-9,14,16-17H,3,6-7,10-13H2,1H3/t14-,16+,17-/m1/s1. The summed E-state index contributed by atoms with van der Waals surface area (Å²) in [5.74, 6) is 0.294. The van der Waals surface area contributed by atoms with Crippen molar-refractivity contribution in [1.29, 1.82) is 0 Å². The molecule has 0 N–H and O–H groups in total. The van der Waals surface area contributed by atoms with E-state index in [0.29, 0.717) is 5.92 Å². The summed E-state index contributed by atoms with van der Waals surface area (Å²) < 4.78 is 12.0. The second kappa shape index (κ2) is 6.70. The van der Waals surface area contributed by atoms with Crippen LogP contribution >= 0.6 is 0 Å². The molecule has 110 valence electrons. The fourth-order valence-electron chi connectivity index (χ4n) is 3.17. The highest BCUT2D eigenvalue weighted by Crippen LogP contribution is 2.27. The quantitative estimate of drug-likeness (QED) is 0.843. The average molecular weight is 275 g/mol. The molecule has 0 unspecified atom stereocenters. The van der Waals surface area contributed by atoms with Gasteiger partial charge < -0.3 is 14.4 Å². The van der Waals surface area contributed by atoms with Crippen molar-refractivity contribution in [3.8, 4) is 0 Å². The summed E-state index contributed by atoms with van der Waals surface area (Å²) in [5.41, 5.74) is 1.29. The molecule has 1 aromatic rings. The van der Waals surface area contributed by atoms with Gasteiger partial charge in [0, 0.05) is 12.5 Å². The zero-order valence-electron chi connectivity index (χ0n) is 12.3. The van der Waals surface area contributed by atoms with E-state index in [-0.39, 0.29) is 12.4 Å². The first-order valence-corrected chi connectivity index (χ1v) is 7.87. The molecule has 0 radical (unpaired) electrons. The van der Waals surface area contributed by atoms with Gasteiger partial charge in [0.15, 0.2) is 6.29 Å². The van der Waals surface area contributed by atoms with Gasteiger partial charge in [-0.25, -0.2) is 0 Å². The molecule has 3 atom stereocenters. The number of rotatable bonds is 4. The molecule has 3 heteroatoms. The monoisotopic (exact) mass is 275 g/mol. The fraction of sp³-hybridized carbons (Fsp3) is 0.647. The van der Waals surface area contributed by atoms with E-state index in [9.17, 15) is 0 Å². The van der Waals surface area contributed by atoms with Gasteiger partial charge in [-0.3, -0.25) is 0 Å². The van der Waals surface area contributed by atoms with E-state index in [2.05, 4.69) is 36.1 Å². The van der Waals surface area contributed by atoms with E-state index in [1.54, 1.807) is 0 Å². The van der Waals surface area contributed by atoms with E-state index in [4.69, 9.17) is 9.47 Å². The third kappa shape index (κ3) is 3.40. The van der Waals surface area contributed by atoms with Crippen LogP contribution in [0, 0.1) is 0 Å². The van der Waals surface area contributed by atoms with E-state index >= 15 is 0 Å². The van der Waals surface area contributed by atoms with Crippen molar-refractivity contribution in [3.05, 3.63) is 35.9 Å². The van der Waals surface area contributed by atoms with Gasteiger partial charge in [0.05, 0.1) is 12.7 Å². The third-order valence-corrected chi connectivity index (χ3v) is 4.42. The molecule has 3 rings (SSSR count). The van der Waals surface area contributed by atoms with Crippen molar-refractivity contribution < 1.29 is 9.47 Å². The smallest absolute Gasteiger partial charge is 0.164 e. The first-order chi connectivity index (χ1) is 9.83. The summed E-state index contributed by atoms with van der Waals surface area (Å²) in [4.78, 5) is 2.52. The second-order valence-electron chi connectivity index (χ2n) is 6.02. The van der Waals surface area contributed by atoms with Gasteiger partial charge in [0.1, 0.15) is 0 Å². The zero-order valence-corrected chi connectivity index (χ0v) is 12.3. The molecule has 1 aromatic carbocycles. The molecule has 2 aliphatic rings. The first kappa shape index (κ1) is 14.1. The van der Waals surface area contributed by atoms with Crippen LogP contribution < -0.4 is 0 Å². The maximum Gasteiger partial charge on any atom is 0.164 e. The van der Waals surface area contributed by atoms with Crippen LogP contribution in [0.4, 0.5) is 0 Å². The van der Waals surface area contributed by atoms with Crippen molar-refractivity contribution >= 4 is 0 Å². The second-order valence-corrected chi connectivity index (χ2v) is 6.02. The first-order valence-electron chi connectivity index (χ1n) is 7.87. The number of piperidine rings is 1. The Morgan fingerprint density at radius 1 is 1.15 bits per heavy atom. The number of nitrogens with zero attached hydrogens (tertiary/aromatic N) is 1. The van der Waals surface area contributed by atoms with Gasteiger partial charge >= 0.3 is 0 Å². The molecule has 0 bridgehead atoms. The van der Waals surface area contributed by atoms with E-state index in [1.807, 2.05) is 6.07 Å². The molecule has 0 amide bonds. The number of likely N-dealkylation sites (tertiary alicyclic amines) is 1. The average Bonchev–Trinajstić information content (AvgIpc) is 2.97. The van der Waals surface area contributed by atoms with Crippen LogP contribution in [0.1, 0.15) is 37.7 Å². The molecule has 2 heterocycles. The van der Waals surface area contributed by atoms with Gasteiger partial charge in [-0.2, -0.15) is 0 Å². The lowest BCUT2D eigenvalue weighted by Crippen LogP contribution is -2.37. The van der Waals surface area contributed by atoms with Crippen LogP contribution in [-0.4, -0.2) is 43.5 Å². The predicted molar refractivity (Wildman–Crippen MR) is 79.8 cm³/mol. The molecule has 3 nitrogen and oxygen atoms in total. The number of hydrogen-bond acceptors (Lipinski definition) is 3. The Morgan fingerprint density at radius 3 is 2.65 bits per heavy atom. The minimum atomic E-state index is -0.0906. The molecule has 0 saturated carbocycles. The molecule has 0 aliphatic carbocycles. The van der Waals surface area contributed by atoms with E-state index < -0.39 is 0 Å². The SMILES string of the molecule is C[C@H](c1ccccc1)[C@@H]1OC[C@H](CN2CCCCC2)O1. The highest BCUT2D eigenvalue weighted by molar-refractivity contribution is 5.19. The highest BCUT2D eigenvalue weighted by Gasteiger charge is 2.32. The fourth-order valence-corrected chi connectivity index (χ4v) is 3.17. The Bertz CT molecular complexity index is 403. The lowest BCUT2D eigenvalue weighted by Gasteiger charge is -2.28. The molecule has 0 spiro atoms. The Morgan fingerprint density at radius 2 is 1.90 bits per heavy atom. The van der Waals surface area contributed by atoms with Gasteiger partial charge in [0.2, 0.25) is 0 Å². The van der Waals surface area contributed by atoms with Gasteiger partial charge in [-0.05, 0) is 31.5 Å². The van der Waals surface area contributed by atoms with Gasteiger partial charge in [0.25, 0.3) is 0 Å². The minimum Gasteiger partial charge on any atom is -0.349 e. The Kier molecular flexibility index (Phi) is 4.71. The molecule has 2 saturated heterocycles. The molecule has 2 fully saturated rings. The zero-order chi connectivity index (χ0) is 13.8. The predicted octanol–water partition coefficient (Wildman–Crippen LogP) is 3.02. The van der Waals surface area contributed by atoms with Crippen molar-refractivity contribution in [1.82, 2.24) is 4.90 Å². The van der Waals surface area contributed by atoms with Crippen LogP contribution in [-0.2, 0) is 9.47 Å². The lowest BCUT2D eigenvalue weighted by atomic mass is 10.0. The van der Waals surface area contributed by atoms with Crippen molar-refractivity contribution in [2.75, 3.05) is 26.2 Å². The van der Waals surface area contributed by atoms with Crippen LogP contribution in [0.2, 0.25) is 0 Å². The number of ether oxygens (including phenoxy) is 2. The topological polar surface area (TPSA) is 21.7 Å². The minimum absolute atomic E-state index is 0.0906. The maximum absolute atomic E-state index is 6.12. The summed E-state index contributed by atoms with van der Waals surface area (Å²) in [5, 5.41) is 0. The third-order valence-electron chi connectivity index (χ3n) is 4.42. The number of benzene rings is 1. The molecule has 2 aliphatic heterocycles.